The normalized spacial score (nSPS) is 14.8. The highest BCUT2D eigenvalue weighted by Gasteiger charge is 2.39. The summed E-state index contributed by atoms with van der Waals surface area (Å²) < 4.78 is 13.2. The summed E-state index contributed by atoms with van der Waals surface area (Å²) in [5, 5.41) is 7.76. The minimum atomic E-state index is -0.337. The quantitative estimate of drug-likeness (QED) is 0.284. The number of anilines is 1. The first-order valence-electron chi connectivity index (χ1n) is 13.6. The van der Waals surface area contributed by atoms with Crippen LogP contribution in [0.4, 0.5) is 5.82 Å². The molecule has 9 heteroatoms. The molecule has 0 fully saturated rings. The summed E-state index contributed by atoms with van der Waals surface area (Å²) in [5.74, 6) is 1.73. The van der Waals surface area contributed by atoms with Gasteiger partial charge in [-0.25, -0.2) is 4.68 Å². The summed E-state index contributed by atoms with van der Waals surface area (Å²) >= 11 is 1.50. The molecule has 0 saturated carbocycles. The van der Waals surface area contributed by atoms with Crippen molar-refractivity contribution in [2.45, 2.75) is 25.5 Å². The van der Waals surface area contributed by atoms with E-state index in [0.29, 0.717) is 23.9 Å². The van der Waals surface area contributed by atoms with Gasteiger partial charge < -0.3 is 14.8 Å². The van der Waals surface area contributed by atoms with Crippen LogP contribution in [0.2, 0.25) is 0 Å². The zero-order valence-electron chi connectivity index (χ0n) is 23.7. The molecule has 1 unspecified atom stereocenters. The maximum atomic E-state index is 13.9. The van der Waals surface area contributed by atoms with Crippen LogP contribution in [-0.2, 0) is 9.59 Å². The number of carbonyl (C=O) groups excluding carboxylic acids is 2. The molecule has 1 atom stereocenters. The fourth-order valence-corrected chi connectivity index (χ4v) is 6.26. The number of thioether (sulfide) groups is 1. The average Bonchev–Trinajstić information content (AvgIpc) is 3.32. The van der Waals surface area contributed by atoms with E-state index < -0.39 is 0 Å². The van der Waals surface area contributed by atoms with Gasteiger partial charge in [-0.05, 0) is 43.2 Å². The van der Waals surface area contributed by atoms with Gasteiger partial charge in [-0.2, -0.15) is 5.10 Å². The Balaban J connectivity index is 1.84. The van der Waals surface area contributed by atoms with Gasteiger partial charge in [-0.1, -0.05) is 55.5 Å². The van der Waals surface area contributed by atoms with Crippen LogP contribution < -0.4 is 19.7 Å². The third-order valence-corrected chi connectivity index (χ3v) is 8.31. The lowest BCUT2D eigenvalue weighted by Crippen LogP contribution is -2.42. The minimum Gasteiger partial charge on any atom is -0.497 e. The number of hydrogen-bond donors (Lipinski definition) is 1. The van der Waals surface area contributed by atoms with Gasteiger partial charge in [0.1, 0.15) is 23.9 Å². The Morgan fingerprint density at radius 2 is 1.80 bits per heavy atom. The van der Waals surface area contributed by atoms with Crippen LogP contribution >= 0.6 is 11.8 Å². The van der Waals surface area contributed by atoms with Crippen LogP contribution in [-0.4, -0.2) is 54.7 Å². The van der Waals surface area contributed by atoms with Gasteiger partial charge >= 0.3 is 0 Å². The maximum Gasteiger partial charge on any atom is 0.240 e. The molecule has 3 aromatic carbocycles. The van der Waals surface area contributed by atoms with Crippen molar-refractivity contribution in [3.8, 4) is 28.4 Å². The minimum absolute atomic E-state index is 0.111. The van der Waals surface area contributed by atoms with Crippen molar-refractivity contribution in [3.05, 3.63) is 89.5 Å². The van der Waals surface area contributed by atoms with E-state index >= 15 is 0 Å². The molecule has 0 aliphatic carbocycles. The van der Waals surface area contributed by atoms with Gasteiger partial charge in [0, 0.05) is 23.2 Å². The first kappa shape index (κ1) is 28.3. The topological polar surface area (TPSA) is 85.7 Å². The molecular formula is C32H34N4O4S. The summed E-state index contributed by atoms with van der Waals surface area (Å²) in [6, 6.07) is 23.5. The highest BCUT2D eigenvalue weighted by Crippen LogP contribution is 2.51. The number of ether oxygens (including phenoxy) is 2. The van der Waals surface area contributed by atoms with Gasteiger partial charge in [-0.3, -0.25) is 14.5 Å². The Labute approximate surface area is 244 Å². The number of carbonyl (C=O) groups is 2. The van der Waals surface area contributed by atoms with Gasteiger partial charge in [0.2, 0.25) is 11.8 Å². The SMILES string of the molecule is CCCNC(=O)CN1C(=O)CSC(c2cc(OC)ccc2OC)c2c(-c3ccccc3)nn(-c3ccccc3C)c21. The molecule has 1 aliphatic heterocycles. The number of nitrogens with one attached hydrogen (secondary N) is 1. The van der Waals surface area contributed by atoms with E-state index in [1.165, 1.54) is 11.8 Å². The van der Waals surface area contributed by atoms with Gasteiger partial charge in [-0.15, -0.1) is 11.8 Å². The second kappa shape index (κ2) is 12.5. The fourth-order valence-electron chi connectivity index (χ4n) is 5.05. The van der Waals surface area contributed by atoms with E-state index in [1.54, 1.807) is 19.1 Å². The predicted molar refractivity (Wildman–Crippen MR) is 163 cm³/mol. The number of rotatable bonds is 9. The molecule has 4 aromatic rings. The second-order valence-corrected chi connectivity index (χ2v) is 10.9. The van der Waals surface area contributed by atoms with Crippen LogP contribution in [0, 0.1) is 6.92 Å². The van der Waals surface area contributed by atoms with Crippen LogP contribution in [0.5, 0.6) is 11.5 Å². The molecule has 5 rings (SSSR count). The maximum absolute atomic E-state index is 13.9. The lowest BCUT2D eigenvalue weighted by atomic mass is 9.98. The largest absolute Gasteiger partial charge is 0.497 e. The standard InChI is InChI=1S/C32H34N4O4S/c1-5-17-33-27(37)19-35-28(38)20-41-31(24-18-23(39-3)15-16-26(24)40-4)29-30(22-12-7-6-8-13-22)34-36(32(29)35)25-14-10-9-11-21(25)2/h6-16,18,31H,5,17,19-20H2,1-4H3,(H,33,37). The summed E-state index contributed by atoms with van der Waals surface area (Å²) in [4.78, 5) is 28.6. The zero-order valence-corrected chi connectivity index (χ0v) is 24.5. The number of benzene rings is 3. The smallest absolute Gasteiger partial charge is 0.240 e. The lowest BCUT2D eigenvalue weighted by molar-refractivity contribution is -0.122. The van der Waals surface area contributed by atoms with E-state index in [2.05, 4.69) is 5.32 Å². The van der Waals surface area contributed by atoms with E-state index in [1.807, 2.05) is 91.3 Å². The van der Waals surface area contributed by atoms with Gasteiger partial charge in [0.15, 0.2) is 0 Å². The van der Waals surface area contributed by atoms with Gasteiger partial charge in [0.25, 0.3) is 0 Å². The van der Waals surface area contributed by atoms with Crippen molar-refractivity contribution in [2.75, 3.05) is 38.0 Å². The molecule has 0 bridgehead atoms. The van der Waals surface area contributed by atoms with Crippen LogP contribution in [0.15, 0.2) is 72.8 Å². The van der Waals surface area contributed by atoms with E-state index in [9.17, 15) is 9.59 Å². The Hall–Kier alpha value is -4.24. The van der Waals surface area contributed by atoms with Crippen molar-refractivity contribution in [1.82, 2.24) is 15.1 Å². The Kier molecular flexibility index (Phi) is 8.64. The van der Waals surface area contributed by atoms with Crippen molar-refractivity contribution in [1.29, 1.82) is 0 Å². The molecule has 41 heavy (non-hydrogen) atoms. The molecule has 0 saturated heterocycles. The molecule has 0 spiro atoms. The zero-order chi connectivity index (χ0) is 28.9. The Morgan fingerprint density at radius 1 is 1.05 bits per heavy atom. The lowest BCUT2D eigenvalue weighted by Gasteiger charge is -2.24. The molecular weight excluding hydrogens is 536 g/mol. The molecule has 2 heterocycles. The first-order valence-corrected chi connectivity index (χ1v) is 14.7. The van der Waals surface area contributed by atoms with Crippen molar-refractivity contribution in [2.24, 2.45) is 0 Å². The van der Waals surface area contributed by atoms with E-state index in [0.717, 1.165) is 40.1 Å². The first-order chi connectivity index (χ1) is 20.0. The number of amides is 2. The predicted octanol–water partition coefficient (Wildman–Crippen LogP) is 5.56. The van der Waals surface area contributed by atoms with Crippen LogP contribution in [0.3, 0.4) is 0 Å². The molecule has 1 N–H and O–H groups in total. The van der Waals surface area contributed by atoms with Crippen molar-refractivity contribution in [3.63, 3.8) is 0 Å². The third-order valence-electron chi connectivity index (χ3n) is 7.07. The summed E-state index contributed by atoms with van der Waals surface area (Å²) in [7, 11) is 3.26. The van der Waals surface area contributed by atoms with Crippen LogP contribution in [0.25, 0.3) is 16.9 Å². The number of hydrogen-bond acceptors (Lipinski definition) is 6. The summed E-state index contributed by atoms with van der Waals surface area (Å²) in [5.41, 5.74) is 5.18. The number of aryl methyl sites for hydroxylation is 1. The van der Waals surface area contributed by atoms with Crippen molar-refractivity contribution < 1.29 is 19.1 Å². The molecule has 0 radical (unpaired) electrons. The monoisotopic (exact) mass is 570 g/mol. The molecule has 212 valence electrons. The number of fused-ring (bicyclic) bond motifs is 1. The number of nitrogens with zero attached hydrogens (tertiary/aromatic N) is 3. The Morgan fingerprint density at radius 3 is 2.51 bits per heavy atom. The molecule has 1 aliphatic rings. The highest BCUT2D eigenvalue weighted by atomic mass is 32.2. The van der Waals surface area contributed by atoms with Gasteiger partial charge in [0.05, 0.1) is 36.6 Å². The molecule has 1 aromatic heterocycles. The molecule has 8 nitrogen and oxygen atoms in total. The number of aromatic nitrogens is 2. The fraction of sp³-hybridized carbons (Fsp3) is 0.281. The summed E-state index contributed by atoms with van der Waals surface area (Å²) in [6.07, 6.45) is 0.803. The van der Waals surface area contributed by atoms with E-state index in [-0.39, 0.29) is 29.4 Å². The summed E-state index contributed by atoms with van der Waals surface area (Å²) in [6.45, 7) is 4.44. The third kappa shape index (κ3) is 5.67. The molecule has 2 amide bonds. The Bertz CT molecular complexity index is 1550. The average molecular weight is 571 g/mol. The highest BCUT2D eigenvalue weighted by molar-refractivity contribution is 8.00. The number of methoxy groups -OCH3 is 2. The van der Waals surface area contributed by atoms with E-state index in [4.69, 9.17) is 14.6 Å². The van der Waals surface area contributed by atoms with Crippen LogP contribution in [0.1, 0.15) is 35.3 Å². The second-order valence-electron chi connectivity index (χ2n) is 9.78. The number of para-hydroxylation sites is 1. The van der Waals surface area contributed by atoms with Crippen molar-refractivity contribution >= 4 is 29.4 Å².